The Labute approximate surface area is 519 Å². The van der Waals surface area contributed by atoms with Crippen LogP contribution in [0.4, 0.5) is 0 Å². The summed E-state index contributed by atoms with van der Waals surface area (Å²) in [5, 5.41) is 57.1. The second kappa shape index (κ2) is 60.3. The van der Waals surface area contributed by atoms with Gasteiger partial charge in [-0.1, -0.05) is 277 Å². The van der Waals surface area contributed by atoms with Gasteiger partial charge in [0.25, 0.3) is 0 Å². The molecule has 0 aromatic heterocycles. The van der Waals surface area contributed by atoms with Crippen molar-refractivity contribution in [1.29, 1.82) is 0 Å². The molecule has 6 N–H and O–H groups in total. The summed E-state index contributed by atoms with van der Waals surface area (Å²) in [5.74, 6) is -1.26. The first-order valence-electron chi connectivity index (χ1n) is 34.3. The van der Waals surface area contributed by atoms with Gasteiger partial charge in [0.15, 0.2) is 12.4 Å². The Morgan fingerprint density at radius 3 is 1.29 bits per heavy atom. The predicted octanol–water partition coefficient (Wildman–Crippen LogP) is 17.4. The summed E-state index contributed by atoms with van der Waals surface area (Å²) in [6, 6.07) is -1.06. The predicted molar refractivity (Wildman–Crippen MR) is 356 cm³/mol. The van der Waals surface area contributed by atoms with E-state index in [-0.39, 0.29) is 19.4 Å². The van der Waals surface area contributed by atoms with Gasteiger partial charge in [0, 0.05) is 6.42 Å². The molecule has 85 heavy (non-hydrogen) atoms. The van der Waals surface area contributed by atoms with E-state index in [2.05, 4.69) is 123 Å². The number of unbranched alkanes of at least 4 members (excludes halogenated alkanes) is 25. The highest BCUT2D eigenvalue weighted by Crippen LogP contribution is 2.26. The Hall–Kier alpha value is -3.94. The van der Waals surface area contributed by atoms with Crippen molar-refractivity contribution in [3.05, 3.63) is 122 Å². The maximum absolute atomic E-state index is 13.4. The van der Waals surface area contributed by atoms with Gasteiger partial charge in [-0.25, -0.2) is 0 Å². The number of rotatable bonds is 57. The fourth-order valence-corrected chi connectivity index (χ4v) is 9.96. The lowest BCUT2D eigenvalue weighted by atomic mass is 9.99. The van der Waals surface area contributed by atoms with Gasteiger partial charge in [-0.05, 0) is 109 Å². The van der Waals surface area contributed by atoms with Gasteiger partial charge in [-0.15, -0.1) is 0 Å². The van der Waals surface area contributed by atoms with Crippen LogP contribution in [0.25, 0.3) is 0 Å². The number of hydrogen-bond acceptors (Lipinski definition) is 10. The fourth-order valence-electron chi connectivity index (χ4n) is 9.96. The number of amides is 1. The van der Waals surface area contributed by atoms with Crippen molar-refractivity contribution in [1.82, 2.24) is 5.32 Å². The van der Waals surface area contributed by atoms with Gasteiger partial charge in [0.1, 0.15) is 24.4 Å². The highest BCUT2D eigenvalue weighted by molar-refractivity contribution is 5.80. The molecule has 11 heteroatoms. The largest absolute Gasteiger partial charge is 0.454 e. The molecule has 0 saturated carbocycles. The molecule has 1 heterocycles. The zero-order valence-corrected chi connectivity index (χ0v) is 53.9. The molecule has 0 aromatic carbocycles. The van der Waals surface area contributed by atoms with Crippen LogP contribution in [0.3, 0.4) is 0 Å². The molecule has 0 aliphatic carbocycles. The monoisotopic (exact) mass is 1190 g/mol. The smallest absolute Gasteiger partial charge is 0.306 e. The first-order chi connectivity index (χ1) is 41.7. The van der Waals surface area contributed by atoms with E-state index in [1.165, 1.54) is 109 Å². The second-order valence-corrected chi connectivity index (χ2v) is 23.2. The van der Waals surface area contributed by atoms with Crippen LogP contribution >= 0.6 is 0 Å². The summed E-state index contributed by atoms with van der Waals surface area (Å²) >= 11 is 0. The van der Waals surface area contributed by atoms with Crippen LogP contribution in [0, 0.1) is 0 Å². The van der Waals surface area contributed by atoms with Crippen molar-refractivity contribution in [2.45, 2.75) is 320 Å². The quantitative estimate of drug-likeness (QED) is 0.0195. The molecule has 1 aliphatic rings. The number of ether oxygens (including phenoxy) is 3. The zero-order valence-electron chi connectivity index (χ0n) is 53.9. The van der Waals surface area contributed by atoms with Crippen LogP contribution in [0.1, 0.15) is 271 Å². The summed E-state index contributed by atoms with van der Waals surface area (Å²) in [6.45, 7) is 5.62. The Bertz CT molecular complexity index is 1850. The van der Waals surface area contributed by atoms with Crippen LogP contribution in [-0.2, 0) is 23.8 Å². The molecule has 0 aromatic rings. The van der Waals surface area contributed by atoms with E-state index in [0.717, 1.165) is 116 Å². The van der Waals surface area contributed by atoms with Crippen LogP contribution in [0.15, 0.2) is 122 Å². The molecule has 8 unspecified atom stereocenters. The van der Waals surface area contributed by atoms with E-state index in [4.69, 9.17) is 14.2 Å². The Morgan fingerprint density at radius 2 is 0.847 bits per heavy atom. The molecule has 1 fully saturated rings. The van der Waals surface area contributed by atoms with Crippen LogP contribution in [0.5, 0.6) is 0 Å². The van der Waals surface area contributed by atoms with Gasteiger partial charge >= 0.3 is 5.97 Å². The first kappa shape index (κ1) is 79.1. The maximum Gasteiger partial charge on any atom is 0.306 e. The van der Waals surface area contributed by atoms with Crippen LogP contribution < -0.4 is 5.32 Å². The summed E-state index contributed by atoms with van der Waals surface area (Å²) in [5.41, 5.74) is 0. The topological polar surface area (TPSA) is 175 Å². The molecule has 1 amide bonds. The Morgan fingerprint density at radius 1 is 0.471 bits per heavy atom. The molecule has 8 atom stereocenters. The van der Waals surface area contributed by atoms with E-state index < -0.39 is 67.4 Å². The number of carbonyl (C=O) groups is 2. The standard InChI is InChI=1S/C74H125NO10/c1-4-7-10-13-16-19-22-25-27-29-30-31-32-33-34-35-36-37-38-39-41-44-47-50-53-56-59-62-69(79)85-72-71(81)70(80)68(63-76)84-74(72)83-64-65(66(77)60-57-54-51-48-45-42-24-21-18-15-12-9-6-3)75-73(82)67(78)61-58-55-52-49-46-43-40-28-26-23-20-17-14-11-8-5-2/h7,10,16-17,19-20,25-28,30-31,33-34,43,46,52,55,57,60,65-68,70-72,74,76-78,80-81H,4-6,8-9,11-15,18,21-24,29,32,35-42,44-45,47-51,53-54,56,58-59,61-64H2,1-3H3,(H,75,82)/b10-7-,19-16-,20-17-,27-25-,28-26-,31-30-,34-33-,46-43-,55-52-,60-57+. The normalized spacial score (nSPS) is 19.2. The lowest BCUT2D eigenvalue weighted by Gasteiger charge is -2.41. The number of aliphatic hydroxyl groups is 5. The van der Waals surface area contributed by atoms with E-state index >= 15 is 0 Å². The molecule has 0 radical (unpaired) electrons. The average Bonchev–Trinajstić information content (AvgIpc) is 2.50. The third-order valence-corrected chi connectivity index (χ3v) is 15.4. The third-order valence-electron chi connectivity index (χ3n) is 15.4. The first-order valence-corrected chi connectivity index (χ1v) is 34.3. The number of allylic oxidation sites excluding steroid dienone is 19. The van der Waals surface area contributed by atoms with Crippen molar-refractivity contribution < 1.29 is 49.3 Å². The molecule has 1 saturated heterocycles. The Kier molecular flexibility index (Phi) is 56.1. The van der Waals surface area contributed by atoms with Crippen molar-refractivity contribution in [2.75, 3.05) is 13.2 Å². The van der Waals surface area contributed by atoms with Gasteiger partial charge in [-0.2, -0.15) is 0 Å². The molecule has 486 valence electrons. The SMILES string of the molecule is CC/C=C\C/C=C\C/C=C\C/C=C\C/C=C\CCCCCCCCCCCCCC(=O)OC1C(OCC(NC(=O)C(O)CC/C=C\C/C=C\C/C=C\C/C=C\CCCCC)C(O)/C=C/CCCCCCCCCCCCC)OC(CO)C(O)C1O. The highest BCUT2D eigenvalue weighted by atomic mass is 16.7. The van der Waals surface area contributed by atoms with Gasteiger partial charge in [0.05, 0.1) is 25.4 Å². The van der Waals surface area contributed by atoms with Gasteiger partial charge < -0.3 is 45.1 Å². The third kappa shape index (κ3) is 47.8. The maximum atomic E-state index is 13.4. The fraction of sp³-hybridized carbons (Fsp3) is 0.703. The summed E-state index contributed by atoms with van der Waals surface area (Å²) in [4.78, 5) is 26.6. The molecular weight excluding hydrogens is 1060 g/mol. The Balaban J connectivity index is 2.62. The number of esters is 1. The van der Waals surface area contributed by atoms with E-state index in [9.17, 15) is 35.1 Å². The number of carbonyl (C=O) groups excluding carboxylic acids is 2. The number of aliphatic hydroxyl groups excluding tert-OH is 5. The lowest BCUT2D eigenvalue weighted by molar-refractivity contribution is -0.305. The van der Waals surface area contributed by atoms with E-state index in [0.29, 0.717) is 12.8 Å². The van der Waals surface area contributed by atoms with Crippen molar-refractivity contribution >= 4 is 11.9 Å². The van der Waals surface area contributed by atoms with Crippen LogP contribution in [-0.4, -0.2) is 99.6 Å². The minimum Gasteiger partial charge on any atom is -0.454 e. The number of hydrogen-bond donors (Lipinski definition) is 6. The minimum atomic E-state index is -1.63. The summed E-state index contributed by atoms with van der Waals surface area (Å²) in [6.07, 6.45) is 73.9. The lowest BCUT2D eigenvalue weighted by Crippen LogP contribution is -2.61. The zero-order chi connectivity index (χ0) is 61.7. The molecule has 0 bridgehead atoms. The summed E-state index contributed by atoms with van der Waals surface area (Å²) in [7, 11) is 0. The van der Waals surface area contributed by atoms with Gasteiger partial charge in [0.2, 0.25) is 5.91 Å². The number of nitrogens with one attached hydrogen (secondary N) is 1. The van der Waals surface area contributed by atoms with Gasteiger partial charge in [-0.3, -0.25) is 9.59 Å². The summed E-state index contributed by atoms with van der Waals surface area (Å²) < 4.78 is 17.6. The average molecular weight is 1190 g/mol. The van der Waals surface area contributed by atoms with E-state index in [1.54, 1.807) is 6.08 Å². The van der Waals surface area contributed by atoms with E-state index in [1.807, 2.05) is 18.2 Å². The molecule has 11 nitrogen and oxygen atoms in total. The second-order valence-electron chi connectivity index (χ2n) is 23.2. The molecule has 0 spiro atoms. The molecular formula is C74H125NO10. The van der Waals surface area contributed by atoms with Crippen molar-refractivity contribution in [2.24, 2.45) is 0 Å². The van der Waals surface area contributed by atoms with Crippen LogP contribution in [0.2, 0.25) is 0 Å². The molecule has 1 aliphatic heterocycles. The highest BCUT2D eigenvalue weighted by Gasteiger charge is 2.47. The van der Waals surface area contributed by atoms with Crippen molar-refractivity contribution in [3.8, 4) is 0 Å². The van der Waals surface area contributed by atoms with Crippen molar-refractivity contribution in [3.63, 3.8) is 0 Å². The molecule has 1 rings (SSSR count). The minimum absolute atomic E-state index is 0.106.